The topological polar surface area (TPSA) is 30.5 Å². The van der Waals surface area contributed by atoms with E-state index in [0.717, 1.165) is 0 Å². The van der Waals surface area contributed by atoms with Crippen molar-refractivity contribution < 1.29 is 22.6 Å². The minimum absolute atomic E-state index is 0.266. The number of rotatable bonds is 5. The molecule has 0 aliphatic rings. The van der Waals surface area contributed by atoms with E-state index in [1.807, 2.05) is 0 Å². The number of anilines is 1. The Morgan fingerprint density at radius 1 is 1.35 bits per heavy atom. The van der Waals surface area contributed by atoms with Gasteiger partial charge in [0.15, 0.2) is 5.75 Å². The van der Waals surface area contributed by atoms with Gasteiger partial charge in [0.2, 0.25) is 0 Å². The smallest absolute Gasteiger partial charge is 0.404 e. The van der Waals surface area contributed by atoms with E-state index in [0.29, 0.717) is 17.6 Å². The zero-order valence-corrected chi connectivity index (χ0v) is 10.6. The van der Waals surface area contributed by atoms with Crippen LogP contribution in [0.2, 0.25) is 0 Å². The largest absolute Gasteiger partial charge is 0.573 e. The summed E-state index contributed by atoms with van der Waals surface area (Å²) in [7, 11) is 1.51. The van der Waals surface area contributed by atoms with Crippen LogP contribution in [0.15, 0.2) is 22.7 Å². The van der Waals surface area contributed by atoms with Gasteiger partial charge in [0.25, 0.3) is 0 Å². The van der Waals surface area contributed by atoms with E-state index in [1.165, 1.54) is 19.2 Å². The summed E-state index contributed by atoms with van der Waals surface area (Å²) in [5, 5.41) is 2.79. The molecule has 1 rings (SSSR count). The Hall–Kier alpha value is -0.950. The Morgan fingerprint density at radius 3 is 2.65 bits per heavy atom. The van der Waals surface area contributed by atoms with Crippen LogP contribution >= 0.6 is 15.9 Å². The van der Waals surface area contributed by atoms with Crippen molar-refractivity contribution in [3.05, 3.63) is 22.7 Å². The van der Waals surface area contributed by atoms with Gasteiger partial charge in [-0.05, 0) is 18.2 Å². The molecule has 3 nitrogen and oxygen atoms in total. The Labute approximate surface area is 105 Å². The molecule has 17 heavy (non-hydrogen) atoms. The van der Waals surface area contributed by atoms with Crippen molar-refractivity contribution in [1.82, 2.24) is 0 Å². The molecule has 1 aromatic carbocycles. The molecule has 0 fully saturated rings. The van der Waals surface area contributed by atoms with Crippen molar-refractivity contribution in [3.8, 4) is 5.75 Å². The lowest BCUT2D eigenvalue weighted by Gasteiger charge is -2.14. The van der Waals surface area contributed by atoms with E-state index < -0.39 is 6.36 Å². The van der Waals surface area contributed by atoms with Gasteiger partial charge in [0.1, 0.15) is 0 Å². The van der Waals surface area contributed by atoms with Crippen LogP contribution in [0.5, 0.6) is 5.75 Å². The highest BCUT2D eigenvalue weighted by atomic mass is 79.9. The molecule has 96 valence electrons. The highest BCUT2D eigenvalue weighted by Gasteiger charge is 2.32. The molecule has 1 N–H and O–H groups in total. The van der Waals surface area contributed by atoms with E-state index in [4.69, 9.17) is 4.74 Å². The van der Waals surface area contributed by atoms with Crippen LogP contribution in [-0.4, -0.2) is 26.6 Å². The summed E-state index contributed by atoms with van der Waals surface area (Å²) in [6.45, 7) is 0.786. The number of hydrogen-bond acceptors (Lipinski definition) is 3. The van der Waals surface area contributed by atoms with Gasteiger partial charge in [-0.3, -0.25) is 0 Å². The number of methoxy groups -OCH3 is 1. The molecule has 0 saturated heterocycles. The van der Waals surface area contributed by atoms with Gasteiger partial charge in [-0.25, -0.2) is 0 Å². The second kappa shape index (κ2) is 6.11. The second-order valence-corrected chi connectivity index (χ2v) is 4.02. The van der Waals surface area contributed by atoms with Crippen LogP contribution in [0.1, 0.15) is 0 Å². The molecule has 0 spiro atoms. The van der Waals surface area contributed by atoms with Crippen LogP contribution in [0.3, 0.4) is 0 Å². The highest BCUT2D eigenvalue weighted by molar-refractivity contribution is 9.10. The van der Waals surface area contributed by atoms with Crippen LogP contribution in [0.25, 0.3) is 0 Å². The summed E-state index contributed by atoms with van der Waals surface area (Å²) in [6, 6.07) is 4.38. The molecule has 0 atom stereocenters. The summed E-state index contributed by atoms with van der Waals surface area (Å²) in [6.07, 6.45) is -4.71. The lowest BCUT2D eigenvalue weighted by molar-refractivity contribution is -0.274. The molecule has 0 heterocycles. The number of alkyl halides is 3. The number of nitrogens with one attached hydrogen (secondary N) is 1. The van der Waals surface area contributed by atoms with Gasteiger partial charge in [-0.1, -0.05) is 15.9 Å². The Balaban J connectivity index is 2.80. The average Bonchev–Trinajstić information content (AvgIpc) is 2.19. The normalized spacial score (nSPS) is 11.4. The predicted octanol–water partition coefficient (Wildman–Crippen LogP) is 3.41. The SMILES string of the molecule is COCCNc1ccc(Br)cc1OC(F)(F)F. The van der Waals surface area contributed by atoms with E-state index in [-0.39, 0.29) is 11.4 Å². The van der Waals surface area contributed by atoms with Crippen molar-refractivity contribution in [1.29, 1.82) is 0 Å². The zero-order chi connectivity index (χ0) is 12.9. The summed E-state index contributed by atoms with van der Waals surface area (Å²) in [4.78, 5) is 0. The lowest BCUT2D eigenvalue weighted by Crippen LogP contribution is -2.18. The van der Waals surface area contributed by atoms with Gasteiger partial charge in [-0.15, -0.1) is 13.2 Å². The minimum atomic E-state index is -4.71. The maximum atomic E-state index is 12.2. The molecule has 0 aliphatic carbocycles. The van der Waals surface area contributed by atoms with Crippen LogP contribution < -0.4 is 10.1 Å². The average molecular weight is 314 g/mol. The molecule has 0 bridgehead atoms. The van der Waals surface area contributed by atoms with Gasteiger partial charge in [-0.2, -0.15) is 0 Å². The van der Waals surface area contributed by atoms with Gasteiger partial charge < -0.3 is 14.8 Å². The first-order chi connectivity index (χ1) is 7.92. The standard InChI is InChI=1S/C10H11BrF3NO2/c1-16-5-4-15-8-3-2-7(11)6-9(8)17-10(12,13)14/h2-3,6,15H,4-5H2,1H3. The van der Waals surface area contributed by atoms with E-state index in [2.05, 4.69) is 26.0 Å². The number of ether oxygens (including phenoxy) is 2. The predicted molar refractivity (Wildman–Crippen MR) is 61.2 cm³/mol. The summed E-state index contributed by atoms with van der Waals surface area (Å²) >= 11 is 3.09. The fourth-order valence-electron chi connectivity index (χ4n) is 1.14. The quantitative estimate of drug-likeness (QED) is 0.845. The molecular formula is C10H11BrF3NO2. The third-order valence-corrected chi connectivity index (χ3v) is 2.28. The van der Waals surface area contributed by atoms with Gasteiger partial charge in [0, 0.05) is 18.1 Å². The third-order valence-electron chi connectivity index (χ3n) is 1.79. The summed E-state index contributed by atoms with van der Waals surface area (Å²) in [5.41, 5.74) is 0.266. The fraction of sp³-hybridized carbons (Fsp3) is 0.400. The first-order valence-corrected chi connectivity index (χ1v) is 5.50. The molecule has 0 saturated carbocycles. The fourth-order valence-corrected chi connectivity index (χ4v) is 1.48. The van der Waals surface area contributed by atoms with Crippen molar-refractivity contribution in [2.24, 2.45) is 0 Å². The molecule has 0 aliphatic heterocycles. The molecule has 7 heteroatoms. The van der Waals surface area contributed by atoms with Gasteiger partial charge in [0.05, 0.1) is 12.3 Å². The van der Waals surface area contributed by atoms with Crippen molar-refractivity contribution in [2.75, 3.05) is 25.6 Å². The van der Waals surface area contributed by atoms with Crippen LogP contribution in [-0.2, 0) is 4.74 Å². The molecule has 0 aromatic heterocycles. The van der Waals surface area contributed by atoms with Crippen molar-refractivity contribution in [2.45, 2.75) is 6.36 Å². The van der Waals surface area contributed by atoms with Gasteiger partial charge >= 0.3 is 6.36 Å². The number of halogens is 4. The first-order valence-electron chi connectivity index (χ1n) is 4.70. The summed E-state index contributed by atoms with van der Waals surface area (Å²) in [5.74, 6) is -0.275. The molecule has 0 radical (unpaired) electrons. The first kappa shape index (κ1) is 14.1. The van der Waals surface area contributed by atoms with E-state index in [9.17, 15) is 13.2 Å². The maximum absolute atomic E-state index is 12.2. The third kappa shape index (κ3) is 5.27. The molecule has 1 aromatic rings. The van der Waals surface area contributed by atoms with Crippen LogP contribution in [0.4, 0.5) is 18.9 Å². The number of benzene rings is 1. The highest BCUT2D eigenvalue weighted by Crippen LogP contribution is 2.32. The summed E-state index contributed by atoms with van der Waals surface area (Å²) < 4.78 is 45.7. The molecule has 0 unspecified atom stereocenters. The van der Waals surface area contributed by atoms with Crippen LogP contribution in [0, 0.1) is 0 Å². The Bertz CT molecular complexity index is 371. The minimum Gasteiger partial charge on any atom is -0.404 e. The maximum Gasteiger partial charge on any atom is 0.573 e. The van der Waals surface area contributed by atoms with E-state index in [1.54, 1.807) is 6.07 Å². The molecular weight excluding hydrogens is 303 g/mol. The van der Waals surface area contributed by atoms with E-state index >= 15 is 0 Å². The molecule has 0 amide bonds. The monoisotopic (exact) mass is 313 g/mol. The Morgan fingerprint density at radius 2 is 2.06 bits per heavy atom. The number of hydrogen-bond donors (Lipinski definition) is 1. The zero-order valence-electron chi connectivity index (χ0n) is 8.97. The van der Waals surface area contributed by atoms with Crippen molar-refractivity contribution in [3.63, 3.8) is 0 Å². The Kier molecular flexibility index (Phi) is 5.07. The second-order valence-electron chi connectivity index (χ2n) is 3.11. The van der Waals surface area contributed by atoms with Crippen molar-refractivity contribution >= 4 is 21.6 Å². The lowest BCUT2D eigenvalue weighted by atomic mass is 10.3.